The maximum absolute atomic E-state index is 11.3. The molecule has 0 bridgehead atoms. The zero-order valence-electron chi connectivity index (χ0n) is 7.84. The average molecular weight is 214 g/mol. The van der Waals surface area contributed by atoms with Crippen molar-refractivity contribution in [3.8, 4) is 0 Å². The molecular weight excluding hydrogens is 204 g/mol. The van der Waals surface area contributed by atoms with Crippen molar-refractivity contribution >= 4 is 21.1 Å². The predicted octanol–water partition coefficient (Wildman–Crippen LogP) is 1.95. The third kappa shape index (κ3) is 3.14. The Labute approximate surface area is 82.1 Å². The van der Waals surface area contributed by atoms with E-state index in [4.69, 9.17) is 0 Å². The van der Waals surface area contributed by atoms with Gasteiger partial charge in [-0.15, -0.1) is 0 Å². The highest BCUT2D eigenvalue weighted by Crippen LogP contribution is 2.20. The van der Waals surface area contributed by atoms with Crippen LogP contribution >= 0.6 is 0 Å². The SMILES string of the molecule is CS(C)(=O)=Nc1cccc([N+](=O)[O-])c1. The van der Waals surface area contributed by atoms with E-state index in [2.05, 4.69) is 4.36 Å². The molecule has 0 N–H and O–H groups in total. The van der Waals surface area contributed by atoms with Crippen molar-refractivity contribution in [1.29, 1.82) is 0 Å². The summed E-state index contributed by atoms with van der Waals surface area (Å²) in [7, 11) is -2.27. The van der Waals surface area contributed by atoms with Gasteiger partial charge in [0.1, 0.15) is 0 Å². The Balaban J connectivity index is 3.20. The molecule has 0 saturated heterocycles. The van der Waals surface area contributed by atoms with Crippen LogP contribution in [-0.4, -0.2) is 21.6 Å². The van der Waals surface area contributed by atoms with Gasteiger partial charge < -0.3 is 0 Å². The Morgan fingerprint density at radius 2 is 2.07 bits per heavy atom. The summed E-state index contributed by atoms with van der Waals surface area (Å²) in [6.07, 6.45) is 2.96. The molecule has 0 aliphatic carbocycles. The standard InChI is InChI=1S/C8H10N2O3S/c1-14(2,13)9-7-4-3-5-8(6-7)10(11)12/h3-6H,1-2H3. The molecule has 0 radical (unpaired) electrons. The quantitative estimate of drug-likeness (QED) is 0.558. The van der Waals surface area contributed by atoms with E-state index >= 15 is 0 Å². The van der Waals surface area contributed by atoms with Gasteiger partial charge in [0.25, 0.3) is 5.69 Å². The number of nitro benzene ring substituents is 1. The van der Waals surface area contributed by atoms with Crippen LogP contribution in [0.15, 0.2) is 28.6 Å². The fourth-order valence-corrected chi connectivity index (χ4v) is 1.54. The lowest BCUT2D eigenvalue weighted by Crippen LogP contribution is -1.90. The number of benzene rings is 1. The number of nitro groups is 1. The second-order valence-corrected chi connectivity index (χ2v) is 5.59. The van der Waals surface area contributed by atoms with Crippen LogP contribution < -0.4 is 0 Å². The molecule has 1 rings (SSSR count). The van der Waals surface area contributed by atoms with Gasteiger partial charge in [-0.2, -0.15) is 4.36 Å². The van der Waals surface area contributed by atoms with E-state index in [1.165, 1.54) is 30.7 Å². The van der Waals surface area contributed by atoms with E-state index < -0.39 is 14.7 Å². The summed E-state index contributed by atoms with van der Waals surface area (Å²) in [6, 6.07) is 5.76. The Morgan fingerprint density at radius 3 is 2.57 bits per heavy atom. The zero-order valence-corrected chi connectivity index (χ0v) is 8.65. The lowest BCUT2D eigenvalue weighted by Gasteiger charge is -1.96. The number of rotatable bonds is 2. The van der Waals surface area contributed by atoms with Gasteiger partial charge in [-0.05, 0) is 6.07 Å². The first kappa shape index (κ1) is 10.6. The monoisotopic (exact) mass is 214 g/mol. The highest BCUT2D eigenvalue weighted by Gasteiger charge is 2.05. The molecule has 0 amide bonds. The van der Waals surface area contributed by atoms with Gasteiger partial charge in [0, 0.05) is 34.4 Å². The maximum Gasteiger partial charge on any atom is 0.271 e. The fraction of sp³-hybridized carbons (Fsp3) is 0.250. The second-order valence-electron chi connectivity index (χ2n) is 3.05. The average Bonchev–Trinajstić information content (AvgIpc) is 2.01. The van der Waals surface area contributed by atoms with E-state index in [-0.39, 0.29) is 5.69 Å². The van der Waals surface area contributed by atoms with Crippen LogP contribution in [0.3, 0.4) is 0 Å². The van der Waals surface area contributed by atoms with Crippen LogP contribution in [-0.2, 0) is 9.73 Å². The molecule has 14 heavy (non-hydrogen) atoms. The largest absolute Gasteiger partial charge is 0.271 e. The van der Waals surface area contributed by atoms with Crippen molar-refractivity contribution in [2.75, 3.05) is 12.5 Å². The molecule has 0 saturated carbocycles. The molecule has 0 heterocycles. The minimum atomic E-state index is -2.27. The molecule has 0 aliphatic rings. The van der Waals surface area contributed by atoms with Gasteiger partial charge >= 0.3 is 0 Å². The van der Waals surface area contributed by atoms with E-state index in [0.717, 1.165) is 0 Å². The minimum Gasteiger partial charge on any atom is -0.258 e. The second kappa shape index (κ2) is 3.75. The Kier molecular flexibility index (Phi) is 2.85. The number of non-ortho nitro benzene ring substituents is 1. The van der Waals surface area contributed by atoms with Crippen molar-refractivity contribution in [2.45, 2.75) is 0 Å². The third-order valence-corrected chi connectivity index (χ3v) is 2.02. The topological polar surface area (TPSA) is 72.6 Å². The van der Waals surface area contributed by atoms with Crippen LogP contribution in [0.5, 0.6) is 0 Å². The van der Waals surface area contributed by atoms with Gasteiger partial charge in [0.2, 0.25) is 0 Å². The molecule has 1 aromatic carbocycles. The van der Waals surface area contributed by atoms with Gasteiger partial charge in [-0.25, -0.2) is 4.21 Å². The lowest BCUT2D eigenvalue weighted by atomic mass is 10.3. The van der Waals surface area contributed by atoms with Crippen molar-refractivity contribution < 1.29 is 9.13 Å². The normalized spacial score (nSPS) is 11.0. The first-order valence-electron chi connectivity index (χ1n) is 3.80. The van der Waals surface area contributed by atoms with Crippen LogP contribution in [0.25, 0.3) is 0 Å². The van der Waals surface area contributed by atoms with E-state index in [1.807, 2.05) is 0 Å². The van der Waals surface area contributed by atoms with E-state index in [9.17, 15) is 14.3 Å². The minimum absolute atomic E-state index is 0.0464. The molecule has 5 nitrogen and oxygen atoms in total. The Hall–Kier alpha value is -1.43. The summed E-state index contributed by atoms with van der Waals surface area (Å²) in [5, 5.41) is 10.4. The van der Waals surface area contributed by atoms with Gasteiger partial charge in [0.05, 0.1) is 10.6 Å². The molecule has 0 aromatic heterocycles. The van der Waals surface area contributed by atoms with Crippen LogP contribution in [0.4, 0.5) is 11.4 Å². The summed E-state index contributed by atoms with van der Waals surface area (Å²) < 4.78 is 15.2. The van der Waals surface area contributed by atoms with Crippen molar-refractivity contribution in [3.63, 3.8) is 0 Å². The lowest BCUT2D eigenvalue weighted by molar-refractivity contribution is -0.384. The van der Waals surface area contributed by atoms with Crippen LogP contribution in [0.1, 0.15) is 0 Å². The summed E-state index contributed by atoms with van der Waals surface area (Å²) in [5.41, 5.74) is 0.323. The van der Waals surface area contributed by atoms with Gasteiger partial charge in [-0.1, -0.05) is 6.07 Å². The molecule has 0 aliphatic heterocycles. The summed E-state index contributed by atoms with van der Waals surface area (Å²) >= 11 is 0. The maximum atomic E-state index is 11.3. The number of hydrogen-bond acceptors (Lipinski definition) is 4. The van der Waals surface area contributed by atoms with E-state index in [1.54, 1.807) is 6.07 Å². The van der Waals surface area contributed by atoms with Crippen molar-refractivity contribution in [1.82, 2.24) is 0 Å². The molecular formula is C8H10N2O3S. The predicted molar refractivity (Wildman–Crippen MR) is 55.2 cm³/mol. The first-order chi connectivity index (χ1) is 6.38. The highest BCUT2D eigenvalue weighted by atomic mass is 32.2. The van der Waals surface area contributed by atoms with Gasteiger partial charge in [-0.3, -0.25) is 10.1 Å². The van der Waals surface area contributed by atoms with Crippen LogP contribution in [0, 0.1) is 10.1 Å². The Bertz CT molecular complexity index is 467. The van der Waals surface area contributed by atoms with Crippen molar-refractivity contribution in [2.24, 2.45) is 4.36 Å². The molecule has 0 atom stereocenters. The Morgan fingerprint density at radius 1 is 1.43 bits per heavy atom. The molecule has 1 aromatic rings. The molecule has 0 spiro atoms. The van der Waals surface area contributed by atoms with Gasteiger partial charge in [0.15, 0.2) is 0 Å². The zero-order chi connectivity index (χ0) is 10.8. The number of nitrogens with zero attached hydrogens (tertiary/aromatic N) is 2. The first-order valence-corrected chi connectivity index (χ1v) is 6.13. The fourth-order valence-electron chi connectivity index (χ4n) is 0.917. The van der Waals surface area contributed by atoms with E-state index in [0.29, 0.717) is 5.69 Å². The summed E-state index contributed by atoms with van der Waals surface area (Å²) in [4.78, 5) is 9.90. The van der Waals surface area contributed by atoms with Crippen LogP contribution in [0.2, 0.25) is 0 Å². The third-order valence-electron chi connectivity index (χ3n) is 1.37. The molecule has 76 valence electrons. The molecule has 0 unspecified atom stereocenters. The molecule has 0 fully saturated rings. The summed E-state index contributed by atoms with van der Waals surface area (Å²) in [5.74, 6) is 0. The number of hydrogen-bond donors (Lipinski definition) is 0. The molecule has 6 heteroatoms. The summed E-state index contributed by atoms with van der Waals surface area (Å²) in [6.45, 7) is 0. The highest BCUT2D eigenvalue weighted by molar-refractivity contribution is 7.92. The van der Waals surface area contributed by atoms with Crippen molar-refractivity contribution in [3.05, 3.63) is 34.4 Å². The smallest absolute Gasteiger partial charge is 0.258 e.